The highest BCUT2D eigenvalue weighted by molar-refractivity contribution is 7.99. The van der Waals surface area contributed by atoms with Gasteiger partial charge >= 0.3 is 0 Å². The van der Waals surface area contributed by atoms with E-state index in [-0.39, 0.29) is 22.5 Å². The van der Waals surface area contributed by atoms with Crippen LogP contribution >= 0.6 is 23.4 Å². The smallest absolute Gasteiger partial charge is 0.294 e. The molecular weight excluding hydrogens is 314 g/mol. The Morgan fingerprint density at radius 3 is 2.86 bits per heavy atom. The number of anilines is 1. The minimum absolute atomic E-state index is 0.0274. The van der Waals surface area contributed by atoms with Crippen LogP contribution in [0.5, 0.6) is 0 Å². The average molecular weight is 326 g/mol. The van der Waals surface area contributed by atoms with E-state index in [4.69, 9.17) is 17.4 Å². The van der Waals surface area contributed by atoms with Gasteiger partial charge in [0, 0.05) is 0 Å². The van der Waals surface area contributed by atoms with E-state index < -0.39 is 5.56 Å². The Bertz CT molecular complexity index is 734. The zero-order chi connectivity index (χ0) is 15.4. The van der Waals surface area contributed by atoms with Crippen LogP contribution in [-0.4, -0.2) is 26.5 Å². The molecule has 7 nitrogen and oxygen atoms in total. The zero-order valence-corrected chi connectivity index (χ0v) is 12.6. The van der Waals surface area contributed by atoms with Crippen molar-refractivity contribution < 1.29 is 4.79 Å². The Labute approximate surface area is 129 Å². The molecule has 9 heteroatoms. The highest BCUT2D eigenvalue weighted by Gasteiger charge is 2.11. The summed E-state index contributed by atoms with van der Waals surface area (Å²) in [5.41, 5.74) is 0.270. The van der Waals surface area contributed by atoms with Crippen molar-refractivity contribution in [1.82, 2.24) is 14.9 Å². The fourth-order valence-corrected chi connectivity index (χ4v) is 2.28. The largest absolute Gasteiger partial charge is 0.334 e. The van der Waals surface area contributed by atoms with Crippen LogP contribution in [0.3, 0.4) is 0 Å². The number of thioether (sulfide) groups is 1. The number of amides is 1. The predicted octanol–water partition coefficient (Wildman–Crippen LogP) is 1.04. The molecule has 110 valence electrons. The van der Waals surface area contributed by atoms with Crippen molar-refractivity contribution >= 4 is 35.0 Å². The van der Waals surface area contributed by atoms with Gasteiger partial charge in [-0.05, 0) is 19.1 Å². The van der Waals surface area contributed by atoms with Gasteiger partial charge < -0.3 is 11.2 Å². The van der Waals surface area contributed by atoms with E-state index in [1.165, 1.54) is 6.92 Å². The van der Waals surface area contributed by atoms with E-state index in [0.29, 0.717) is 10.7 Å². The number of para-hydroxylation sites is 1. The van der Waals surface area contributed by atoms with Crippen LogP contribution in [-0.2, 0) is 4.79 Å². The second-order valence-corrected chi connectivity index (χ2v) is 5.41. The van der Waals surface area contributed by atoms with Crippen molar-refractivity contribution in [3.63, 3.8) is 0 Å². The fraction of sp³-hybridized carbons (Fsp3) is 0.167. The predicted molar refractivity (Wildman–Crippen MR) is 82.0 cm³/mol. The maximum Gasteiger partial charge on any atom is 0.294 e. The van der Waals surface area contributed by atoms with Gasteiger partial charge in [-0.25, -0.2) is 0 Å². The molecule has 2 rings (SSSR count). The lowest BCUT2D eigenvalue weighted by Gasteiger charge is -2.08. The molecule has 0 radical (unpaired) electrons. The van der Waals surface area contributed by atoms with Gasteiger partial charge in [-0.15, -0.1) is 10.2 Å². The van der Waals surface area contributed by atoms with E-state index in [2.05, 4.69) is 15.5 Å². The number of aryl methyl sites for hydroxylation is 1. The SMILES string of the molecule is Cc1nnc(SCC(=O)Nc2ccccc2Cl)n(N)c1=O. The summed E-state index contributed by atoms with van der Waals surface area (Å²) in [4.78, 5) is 23.4. The first-order valence-corrected chi connectivity index (χ1v) is 7.24. The Morgan fingerprint density at radius 2 is 2.14 bits per heavy atom. The molecule has 0 bridgehead atoms. The third kappa shape index (κ3) is 3.73. The summed E-state index contributed by atoms with van der Waals surface area (Å²) in [7, 11) is 0. The molecule has 0 aliphatic heterocycles. The highest BCUT2D eigenvalue weighted by atomic mass is 35.5. The van der Waals surface area contributed by atoms with E-state index in [0.717, 1.165) is 16.4 Å². The van der Waals surface area contributed by atoms with Crippen LogP contribution < -0.4 is 16.7 Å². The van der Waals surface area contributed by atoms with Crippen molar-refractivity contribution in [3.8, 4) is 0 Å². The molecule has 0 unspecified atom stereocenters. The van der Waals surface area contributed by atoms with Gasteiger partial charge in [-0.2, -0.15) is 4.68 Å². The molecule has 0 saturated heterocycles. The number of carbonyl (C=O) groups is 1. The molecule has 0 atom stereocenters. The highest BCUT2D eigenvalue weighted by Crippen LogP contribution is 2.21. The molecule has 0 fully saturated rings. The summed E-state index contributed by atoms with van der Waals surface area (Å²) in [6.45, 7) is 1.51. The van der Waals surface area contributed by atoms with Gasteiger partial charge in [0.05, 0.1) is 16.5 Å². The molecule has 21 heavy (non-hydrogen) atoms. The average Bonchev–Trinajstić information content (AvgIpc) is 2.46. The second-order valence-electron chi connectivity index (χ2n) is 4.06. The molecule has 1 heterocycles. The van der Waals surface area contributed by atoms with Gasteiger partial charge in [0.2, 0.25) is 11.1 Å². The number of rotatable bonds is 4. The lowest BCUT2D eigenvalue weighted by atomic mass is 10.3. The van der Waals surface area contributed by atoms with E-state index in [1.54, 1.807) is 24.3 Å². The number of carbonyl (C=O) groups excluding carboxylic acids is 1. The van der Waals surface area contributed by atoms with Crippen LogP contribution in [0.1, 0.15) is 5.69 Å². The van der Waals surface area contributed by atoms with Gasteiger partial charge in [-0.3, -0.25) is 9.59 Å². The first-order valence-electron chi connectivity index (χ1n) is 5.87. The molecule has 1 aromatic heterocycles. The molecule has 1 aromatic carbocycles. The number of benzene rings is 1. The summed E-state index contributed by atoms with van der Waals surface area (Å²) < 4.78 is 0.871. The van der Waals surface area contributed by atoms with Crippen molar-refractivity contribution in [2.45, 2.75) is 12.1 Å². The number of hydrogen-bond acceptors (Lipinski definition) is 6. The Kier molecular flexibility index (Phi) is 4.81. The monoisotopic (exact) mass is 325 g/mol. The molecular formula is C12H12ClN5O2S. The first-order chi connectivity index (χ1) is 9.99. The number of aromatic nitrogens is 3. The lowest BCUT2D eigenvalue weighted by Crippen LogP contribution is -2.32. The topological polar surface area (TPSA) is 103 Å². The van der Waals surface area contributed by atoms with Gasteiger partial charge in [0.1, 0.15) is 5.69 Å². The standard InChI is InChI=1S/C12H12ClN5O2S/c1-7-11(20)18(14)12(17-16-7)21-6-10(19)15-9-5-3-2-4-8(9)13/h2-5H,6,14H2,1H3,(H,15,19). The number of nitrogens with two attached hydrogens (primary N) is 1. The molecule has 2 aromatic rings. The van der Waals surface area contributed by atoms with E-state index in [1.807, 2.05) is 0 Å². The molecule has 0 spiro atoms. The lowest BCUT2D eigenvalue weighted by molar-refractivity contribution is -0.113. The van der Waals surface area contributed by atoms with Crippen LogP contribution in [0.25, 0.3) is 0 Å². The maximum atomic E-state index is 11.8. The van der Waals surface area contributed by atoms with Gasteiger partial charge in [-0.1, -0.05) is 35.5 Å². The van der Waals surface area contributed by atoms with Gasteiger partial charge in [0.15, 0.2) is 0 Å². The number of nitrogen functional groups attached to an aromatic ring is 1. The first kappa shape index (κ1) is 15.3. The van der Waals surface area contributed by atoms with Crippen molar-refractivity contribution in [1.29, 1.82) is 0 Å². The van der Waals surface area contributed by atoms with E-state index in [9.17, 15) is 9.59 Å². The van der Waals surface area contributed by atoms with Crippen LogP contribution in [0.2, 0.25) is 5.02 Å². The molecule has 0 saturated carbocycles. The quantitative estimate of drug-likeness (QED) is 0.643. The van der Waals surface area contributed by atoms with E-state index >= 15 is 0 Å². The Hall–Kier alpha value is -2.06. The third-order valence-corrected chi connectivity index (χ3v) is 3.77. The van der Waals surface area contributed by atoms with Gasteiger partial charge in [0.25, 0.3) is 5.56 Å². The molecule has 3 N–H and O–H groups in total. The van der Waals surface area contributed by atoms with Crippen molar-refractivity contribution in [3.05, 3.63) is 45.3 Å². The van der Waals surface area contributed by atoms with Crippen LogP contribution in [0, 0.1) is 6.92 Å². The normalized spacial score (nSPS) is 10.4. The molecule has 1 amide bonds. The minimum Gasteiger partial charge on any atom is -0.334 e. The number of nitrogens with zero attached hydrogens (tertiary/aromatic N) is 3. The fourth-order valence-electron chi connectivity index (χ4n) is 1.45. The number of nitrogens with one attached hydrogen (secondary N) is 1. The summed E-state index contributed by atoms with van der Waals surface area (Å²) in [6, 6.07) is 6.89. The van der Waals surface area contributed by atoms with Crippen LogP contribution in [0.15, 0.2) is 34.2 Å². The minimum atomic E-state index is -0.445. The zero-order valence-electron chi connectivity index (χ0n) is 11.0. The third-order valence-electron chi connectivity index (χ3n) is 2.50. The second kappa shape index (κ2) is 6.59. The Morgan fingerprint density at radius 1 is 1.43 bits per heavy atom. The Balaban J connectivity index is 2.01. The summed E-state index contributed by atoms with van der Waals surface area (Å²) >= 11 is 6.95. The summed E-state index contributed by atoms with van der Waals surface area (Å²) in [5.74, 6) is 5.31. The maximum absolute atomic E-state index is 11.8. The van der Waals surface area contributed by atoms with Crippen molar-refractivity contribution in [2.24, 2.45) is 0 Å². The number of halogens is 1. The molecule has 0 aliphatic carbocycles. The summed E-state index contributed by atoms with van der Waals surface area (Å²) in [6.07, 6.45) is 0. The summed E-state index contributed by atoms with van der Waals surface area (Å²) in [5, 5.41) is 10.7. The van der Waals surface area contributed by atoms with Crippen molar-refractivity contribution in [2.75, 3.05) is 16.9 Å². The van der Waals surface area contributed by atoms with Crippen LogP contribution in [0.4, 0.5) is 5.69 Å². The molecule has 0 aliphatic rings. The number of hydrogen-bond donors (Lipinski definition) is 2.